The number of hydrogen-bond donors (Lipinski definition) is 1. The Morgan fingerprint density at radius 3 is 2.70 bits per heavy atom. The molecule has 1 aliphatic rings. The summed E-state index contributed by atoms with van der Waals surface area (Å²) in [5.41, 5.74) is 2.61. The predicted molar refractivity (Wildman–Crippen MR) is 82.9 cm³/mol. The van der Waals surface area contributed by atoms with Crippen molar-refractivity contribution in [2.24, 2.45) is 0 Å². The molecule has 0 spiro atoms. The number of aryl methyl sites for hydroxylation is 1. The van der Waals surface area contributed by atoms with Crippen molar-refractivity contribution in [2.75, 3.05) is 50.9 Å². The van der Waals surface area contributed by atoms with Crippen LogP contribution in [0.25, 0.3) is 0 Å². The number of rotatable bonds is 7. The van der Waals surface area contributed by atoms with Gasteiger partial charge in [0.05, 0.1) is 6.61 Å². The molecule has 4 nitrogen and oxygen atoms in total. The zero-order valence-corrected chi connectivity index (χ0v) is 12.7. The Hall–Kier alpha value is -1.26. The number of nitrogens with one attached hydrogen (secondary N) is 1. The van der Waals surface area contributed by atoms with Crippen molar-refractivity contribution < 1.29 is 9.47 Å². The maximum atomic E-state index is 5.76. The van der Waals surface area contributed by atoms with Gasteiger partial charge < -0.3 is 19.7 Å². The Morgan fingerprint density at radius 2 is 2.00 bits per heavy atom. The number of ether oxygens (including phenoxy) is 2. The van der Waals surface area contributed by atoms with E-state index in [1.165, 1.54) is 11.3 Å². The number of piperazine rings is 1. The Morgan fingerprint density at radius 1 is 1.20 bits per heavy atom. The highest BCUT2D eigenvalue weighted by Crippen LogP contribution is 2.25. The summed E-state index contributed by atoms with van der Waals surface area (Å²) in [5.74, 6) is 0.956. The van der Waals surface area contributed by atoms with Gasteiger partial charge in [-0.2, -0.15) is 0 Å². The van der Waals surface area contributed by atoms with Crippen molar-refractivity contribution >= 4 is 5.69 Å². The van der Waals surface area contributed by atoms with Crippen molar-refractivity contribution in [1.29, 1.82) is 0 Å². The largest absolute Gasteiger partial charge is 0.493 e. The monoisotopic (exact) mass is 278 g/mol. The maximum absolute atomic E-state index is 5.76. The van der Waals surface area contributed by atoms with E-state index in [1.807, 2.05) is 6.92 Å². The van der Waals surface area contributed by atoms with Gasteiger partial charge in [-0.1, -0.05) is 0 Å². The molecule has 1 N–H and O–H groups in total. The Bertz CT molecular complexity index is 403. The van der Waals surface area contributed by atoms with Crippen molar-refractivity contribution in [3.8, 4) is 5.75 Å². The van der Waals surface area contributed by atoms with Crippen molar-refractivity contribution in [2.45, 2.75) is 20.3 Å². The second kappa shape index (κ2) is 8.12. The smallest absolute Gasteiger partial charge is 0.119 e. The highest BCUT2D eigenvalue weighted by atomic mass is 16.5. The minimum absolute atomic E-state index is 0.715. The zero-order chi connectivity index (χ0) is 14.2. The van der Waals surface area contributed by atoms with Crippen LogP contribution in [0.5, 0.6) is 5.75 Å². The van der Waals surface area contributed by atoms with Crippen LogP contribution in [-0.4, -0.2) is 46.0 Å². The SMILES string of the molecule is CCOCCCOc1ccc(N2CCNCC2)c(C)c1. The number of anilines is 1. The lowest BCUT2D eigenvalue weighted by molar-refractivity contribution is 0.131. The Balaban J connectivity index is 1.85. The number of benzene rings is 1. The first-order valence-electron chi connectivity index (χ1n) is 7.58. The van der Waals surface area contributed by atoms with E-state index < -0.39 is 0 Å². The molecule has 1 heterocycles. The quantitative estimate of drug-likeness (QED) is 0.775. The average molecular weight is 278 g/mol. The van der Waals surface area contributed by atoms with Crippen LogP contribution in [0.15, 0.2) is 18.2 Å². The Labute approximate surface area is 122 Å². The first-order chi connectivity index (χ1) is 9.81. The minimum atomic E-state index is 0.715. The van der Waals surface area contributed by atoms with Crippen LogP contribution in [0.2, 0.25) is 0 Å². The molecule has 2 rings (SSSR count). The normalized spacial score (nSPS) is 15.4. The standard InChI is InChI=1S/C16H26N2O2/c1-3-19-11-4-12-20-15-5-6-16(14(2)13-15)18-9-7-17-8-10-18/h5-6,13,17H,3-4,7-12H2,1-2H3. The molecule has 0 amide bonds. The van der Waals surface area contributed by atoms with Gasteiger partial charge >= 0.3 is 0 Å². The van der Waals surface area contributed by atoms with Gasteiger partial charge in [-0.05, 0) is 37.6 Å². The third kappa shape index (κ3) is 4.39. The highest BCUT2D eigenvalue weighted by Gasteiger charge is 2.12. The molecule has 1 aromatic carbocycles. The van der Waals surface area contributed by atoms with E-state index in [1.54, 1.807) is 0 Å². The Kier molecular flexibility index (Phi) is 6.15. The number of nitrogens with zero attached hydrogens (tertiary/aromatic N) is 1. The van der Waals surface area contributed by atoms with Gasteiger partial charge in [0, 0.05) is 51.5 Å². The molecule has 4 heteroatoms. The number of hydrogen-bond acceptors (Lipinski definition) is 4. The summed E-state index contributed by atoms with van der Waals surface area (Å²) < 4.78 is 11.1. The third-order valence-electron chi connectivity index (χ3n) is 3.53. The second-order valence-electron chi connectivity index (χ2n) is 5.08. The molecule has 1 fully saturated rings. The van der Waals surface area contributed by atoms with Crippen molar-refractivity contribution in [3.05, 3.63) is 23.8 Å². The first kappa shape index (κ1) is 15.1. The molecule has 0 atom stereocenters. The summed E-state index contributed by atoms with van der Waals surface area (Å²) in [4.78, 5) is 2.44. The third-order valence-corrected chi connectivity index (χ3v) is 3.53. The summed E-state index contributed by atoms with van der Waals surface area (Å²) in [6.07, 6.45) is 0.937. The summed E-state index contributed by atoms with van der Waals surface area (Å²) in [6.45, 7) is 10.7. The molecule has 1 aliphatic heterocycles. The van der Waals surface area contributed by atoms with Crippen LogP contribution in [0, 0.1) is 6.92 Å². The van der Waals surface area contributed by atoms with Gasteiger partial charge in [0.25, 0.3) is 0 Å². The van der Waals surface area contributed by atoms with E-state index in [4.69, 9.17) is 9.47 Å². The lowest BCUT2D eigenvalue weighted by Gasteiger charge is -2.30. The van der Waals surface area contributed by atoms with Gasteiger partial charge in [0.15, 0.2) is 0 Å². The van der Waals surface area contributed by atoms with Crippen LogP contribution in [0.4, 0.5) is 5.69 Å². The van der Waals surface area contributed by atoms with E-state index >= 15 is 0 Å². The summed E-state index contributed by atoms with van der Waals surface area (Å²) in [6, 6.07) is 6.39. The van der Waals surface area contributed by atoms with Crippen LogP contribution in [-0.2, 0) is 4.74 Å². The van der Waals surface area contributed by atoms with E-state index in [0.29, 0.717) is 6.61 Å². The molecular formula is C16H26N2O2. The molecule has 112 valence electrons. The lowest BCUT2D eigenvalue weighted by Crippen LogP contribution is -2.43. The topological polar surface area (TPSA) is 33.7 Å². The van der Waals surface area contributed by atoms with Crippen LogP contribution in [0.3, 0.4) is 0 Å². The predicted octanol–water partition coefficient (Wildman–Crippen LogP) is 2.21. The van der Waals surface area contributed by atoms with Crippen LogP contribution >= 0.6 is 0 Å². The van der Waals surface area contributed by atoms with Gasteiger partial charge in [0.2, 0.25) is 0 Å². The van der Waals surface area contributed by atoms with Crippen molar-refractivity contribution in [1.82, 2.24) is 5.32 Å². The average Bonchev–Trinajstić information content (AvgIpc) is 2.48. The van der Waals surface area contributed by atoms with E-state index in [-0.39, 0.29) is 0 Å². The molecule has 0 bridgehead atoms. The fourth-order valence-corrected chi connectivity index (χ4v) is 2.47. The minimum Gasteiger partial charge on any atom is -0.493 e. The zero-order valence-electron chi connectivity index (χ0n) is 12.7. The van der Waals surface area contributed by atoms with Gasteiger partial charge in [0.1, 0.15) is 5.75 Å². The maximum Gasteiger partial charge on any atom is 0.119 e. The van der Waals surface area contributed by atoms with Gasteiger partial charge in [-0.25, -0.2) is 0 Å². The van der Waals surface area contributed by atoms with Crippen LogP contribution < -0.4 is 15.0 Å². The summed E-state index contributed by atoms with van der Waals surface area (Å²) in [7, 11) is 0. The molecule has 0 radical (unpaired) electrons. The molecule has 0 aromatic heterocycles. The van der Waals surface area contributed by atoms with Gasteiger partial charge in [-0.15, -0.1) is 0 Å². The van der Waals surface area contributed by atoms with Gasteiger partial charge in [-0.3, -0.25) is 0 Å². The molecule has 0 aliphatic carbocycles. The van der Waals surface area contributed by atoms with E-state index in [0.717, 1.165) is 51.6 Å². The van der Waals surface area contributed by atoms with Crippen molar-refractivity contribution in [3.63, 3.8) is 0 Å². The molecule has 1 aromatic rings. The summed E-state index contributed by atoms with van der Waals surface area (Å²) >= 11 is 0. The molecule has 0 unspecified atom stereocenters. The fourth-order valence-electron chi connectivity index (χ4n) is 2.47. The molecule has 1 saturated heterocycles. The summed E-state index contributed by atoms with van der Waals surface area (Å²) in [5, 5.41) is 3.38. The fraction of sp³-hybridized carbons (Fsp3) is 0.625. The van der Waals surface area contributed by atoms with Crippen LogP contribution in [0.1, 0.15) is 18.9 Å². The second-order valence-corrected chi connectivity index (χ2v) is 5.08. The first-order valence-corrected chi connectivity index (χ1v) is 7.58. The van der Waals surface area contributed by atoms with E-state index in [2.05, 4.69) is 35.3 Å². The molecule has 20 heavy (non-hydrogen) atoms. The molecule has 0 saturated carbocycles. The highest BCUT2D eigenvalue weighted by molar-refractivity contribution is 5.56. The lowest BCUT2D eigenvalue weighted by atomic mass is 10.1. The molecular weight excluding hydrogens is 252 g/mol. The van der Waals surface area contributed by atoms with E-state index in [9.17, 15) is 0 Å².